The van der Waals surface area contributed by atoms with E-state index in [-0.39, 0.29) is 18.7 Å². The minimum atomic E-state index is -4.19. The predicted octanol–water partition coefficient (Wildman–Crippen LogP) is 3.48. The fourth-order valence-electron chi connectivity index (χ4n) is 2.99. The number of hydrogen-bond acceptors (Lipinski definition) is 3. The maximum absolute atomic E-state index is 12.8. The van der Waals surface area contributed by atoms with Gasteiger partial charge >= 0.3 is 6.18 Å². The molecule has 1 amide bonds. The van der Waals surface area contributed by atoms with Crippen molar-refractivity contribution < 1.29 is 18.0 Å². The first-order chi connectivity index (χ1) is 10.9. The molecule has 1 aliphatic rings. The van der Waals surface area contributed by atoms with Crippen molar-refractivity contribution >= 4 is 16.9 Å². The van der Waals surface area contributed by atoms with Gasteiger partial charge in [0.1, 0.15) is 0 Å². The summed E-state index contributed by atoms with van der Waals surface area (Å²) in [5, 5.41) is 2.71. The lowest BCUT2D eigenvalue weighted by Gasteiger charge is -2.31. The van der Waals surface area contributed by atoms with Gasteiger partial charge in [-0.3, -0.25) is 14.8 Å². The second kappa shape index (κ2) is 6.14. The molecule has 3 rings (SSSR count). The standard InChI is InChI=1S/C16H16F3N3O/c17-16(18,19)11-2-1-3-12(9-11)22-15(23)10-4-5-13-14(8-10)21-7-6-20-13/h4-8,11-12H,1-3,9H2,(H,22,23)/t11-,12-/m0/s1. The third-order valence-electron chi connectivity index (χ3n) is 4.20. The van der Waals surface area contributed by atoms with E-state index in [4.69, 9.17) is 0 Å². The number of amides is 1. The minimum absolute atomic E-state index is 0.0529. The van der Waals surface area contributed by atoms with Crippen LogP contribution in [0.4, 0.5) is 13.2 Å². The van der Waals surface area contributed by atoms with Crippen LogP contribution in [0.2, 0.25) is 0 Å². The summed E-state index contributed by atoms with van der Waals surface area (Å²) in [4.78, 5) is 20.5. The smallest absolute Gasteiger partial charge is 0.349 e. The third kappa shape index (κ3) is 3.60. The highest BCUT2D eigenvalue weighted by atomic mass is 19.4. The summed E-state index contributed by atoms with van der Waals surface area (Å²) >= 11 is 0. The molecule has 1 aliphatic carbocycles. The molecule has 122 valence electrons. The number of nitrogens with one attached hydrogen (secondary N) is 1. The fraction of sp³-hybridized carbons (Fsp3) is 0.438. The lowest BCUT2D eigenvalue weighted by atomic mass is 9.85. The molecule has 0 radical (unpaired) electrons. The summed E-state index contributed by atoms with van der Waals surface area (Å²) in [7, 11) is 0. The molecule has 7 heteroatoms. The summed E-state index contributed by atoms with van der Waals surface area (Å²) in [6, 6.07) is 4.44. The molecular formula is C16H16F3N3O. The SMILES string of the molecule is O=C(N[C@H]1CCC[C@H](C(F)(F)F)C1)c1ccc2nccnc2c1. The van der Waals surface area contributed by atoms with Crippen LogP contribution in [-0.2, 0) is 0 Å². The van der Waals surface area contributed by atoms with Crippen molar-refractivity contribution in [3.05, 3.63) is 36.2 Å². The summed E-state index contributed by atoms with van der Waals surface area (Å²) < 4.78 is 38.5. The van der Waals surface area contributed by atoms with E-state index in [9.17, 15) is 18.0 Å². The van der Waals surface area contributed by atoms with Crippen LogP contribution in [0.1, 0.15) is 36.0 Å². The quantitative estimate of drug-likeness (QED) is 0.920. The van der Waals surface area contributed by atoms with E-state index in [2.05, 4.69) is 15.3 Å². The van der Waals surface area contributed by atoms with E-state index in [1.807, 2.05) is 0 Å². The molecule has 0 aliphatic heterocycles. The Labute approximate surface area is 131 Å². The maximum atomic E-state index is 12.8. The highest BCUT2D eigenvalue weighted by molar-refractivity contribution is 5.97. The van der Waals surface area contributed by atoms with Crippen LogP contribution >= 0.6 is 0 Å². The molecule has 1 heterocycles. The molecule has 0 unspecified atom stereocenters. The van der Waals surface area contributed by atoms with Crippen molar-refractivity contribution in [2.75, 3.05) is 0 Å². The van der Waals surface area contributed by atoms with Gasteiger partial charge in [-0.2, -0.15) is 13.2 Å². The Balaban J connectivity index is 1.70. The van der Waals surface area contributed by atoms with Crippen molar-refractivity contribution in [1.29, 1.82) is 0 Å². The number of benzene rings is 1. The van der Waals surface area contributed by atoms with Gasteiger partial charge in [0.2, 0.25) is 0 Å². The van der Waals surface area contributed by atoms with Crippen LogP contribution in [-0.4, -0.2) is 28.1 Å². The summed E-state index contributed by atoms with van der Waals surface area (Å²) in [6.45, 7) is 0. The van der Waals surface area contributed by atoms with Crippen molar-refractivity contribution in [3.8, 4) is 0 Å². The van der Waals surface area contributed by atoms with Gasteiger partial charge in [0.15, 0.2) is 0 Å². The van der Waals surface area contributed by atoms with Crippen molar-refractivity contribution in [1.82, 2.24) is 15.3 Å². The lowest BCUT2D eigenvalue weighted by Crippen LogP contribution is -2.41. The van der Waals surface area contributed by atoms with Gasteiger partial charge < -0.3 is 5.32 Å². The fourth-order valence-corrected chi connectivity index (χ4v) is 2.99. The summed E-state index contributed by atoms with van der Waals surface area (Å²) in [5.74, 6) is -1.70. The molecule has 2 atom stereocenters. The molecule has 1 aromatic heterocycles. The molecule has 2 aromatic rings. The van der Waals surface area contributed by atoms with E-state index < -0.39 is 18.1 Å². The van der Waals surface area contributed by atoms with E-state index in [1.165, 1.54) is 6.20 Å². The van der Waals surface area contributed by atoms with Crippen molar-refractivity contribution in [2.45, 2.75) is 37.9 Å². The van der Waals surface area contributed by atoms with Gasteiger partial charge in [0.05, 0.1) is 17.0 Å². The number of alkyl halides is 3. The van der Waals surface area contributed by atoms with Crippen LogP contribution in [0.25, 0.3) is 11.0 Å². The van der Waals surface area contributed by atoms with Crippen molar-refractivity contribution in [3.63, 3.8) is 0 Å². The Bertz CT molecular complexity index is 717. The summed E-state index contributed by atoms with van der Waals surface area (Å²) in [5.41, 5.74) is 1.63. The third-order valence-corrected chi connectivity index (χ3v) is 4.20. The van der Waals surface area contributed by atoms with E-state index in [0.717, 1.165) is 0 Å². The molecular weight excluding hydrogens is 307 g/mol. The highest BCUT2D eigenvalue weighted by Crippen LogP contribution is 2.37. The van der Waals surface area contributed by atoms with Crippen molar-refractivity contribution in [2.24, 2.45) is 5.92 Å². The van der Waals surface area contributed by atoms with Gasteiger partial charge in [-0.05, 0) is 37.5 Å². The molecule has 1 fully saturated rings. The normalized spacial score (nSPS) is 22.0. The van der Waals surface area contributed by atoms with Gasteiger partial charge in [0.25, 0.3) is 5.91 Å². The number of rotatable bonds is 2. The lowest BCUT2D eigenvalue weighted by molar-refractivity contribution is -0.183. The molecule has 1 saturated carbocycles. The average molecular weight is 323 g/mol. The molecule has 0 bridgehead atoms. The average Bonchev–Trinajstić information content (AvgIpc) is 2.54. The van der Waals surface area contributed by atoms with Crippen LogP contribution in [0, 0.1) is 5.92 Å². The molecule has 0 spiro atoms. The number of halogens is 3. The number of hydrogen-bond donors (Lipinski definition) is 1. The molecule has 1 aromatic carbocycles. The Morgan fingerprint density at radius 3 is 2.61 bits per heavy atom. The van der Waals surface area contributed by atoms with Crippen LogP contribution in [0.15, 0.2) is 30.6 Å². The maximum Gasteiger partial charge on any atom is 0.391 e. The summed E-state index contributed by atoms with van der Waals surface area (Å²) in [6.07, 6.45) is 0.0243. The van der Waals surface area contributed by atoms with E-state index >= 15 is 0 Å². The number of nitrogens with zero attached hydrogens (tertiary/aromatic N) is 2. The highest BCUT2D eigenvalue weighted by Gasteiger charge is 2.42. The number of carbonyl (C=O) groups is 1. The zero-order valence-corrected chi connectivity index (χ0v) is 12.3. The molecule has 23 heavy (non-hydrogen) atoms. The monoisotopic (exact) mass is 323 g/mol. The second-order valence-corrected chi connectivity index (χ2v) is 5.84. The van der Waals surface area contributed by atoms with Gasteiger partial charge in [-0.25, -0.2) is 0 Å². The first-order valence-electron chi connectivity index (χ1n) is 7.52. The topological polar surface area (TPSA) is 54.9 Å². The largest absolute Gasteiger partial charge is 0.391 e. The minimum Gasteiger partial charge on any atom is -0.349 e. The number of carbonyl (C=O) groups excluding carboxylic acids is 1. The van der Waals surface area contributed by atoms with E-state index in [1.54, 1.807) is 24.4 Å². The Morgan fingerprint density at radius 1 is 1.13 bits per heavy atom. The van der Waals surface area contributed by atoms with E-state index in [0.29, 0.717) is 29.4 Å². The first kappa shape index (κ1) is 15.7. The molecule has 4 nitrogen and oxygen atoms in total. The first-order valence-corrected chi connectivity index (χ1v) is 7.52. The van der Waals surface area contributed by atoms with Crippen LogP contribution in [0.5, 0.6) is 0 Å². The Kier molecular flexibility index (Phi) is 4.19. The van der Waals surface area contributed by atoms with Gasteiger partial charge in [-0.1, -0.05) is 6.42 Å². The van der Waals surface area contributed by atoms with Crippen LogP contribution < -0.4 is 5.32 Å². The zero-order chi connectivity index (χ0) is 16.4. The molecule has 0 saturated heterocycles. The Hall–Kier alpha value is -2.18. The van der Waals surface area contributed by atoms with Gasteiger partial charge in [0, 0.05) is 24.0 Å². The Morgan fingerprint density at radius 2 is 1.87 bits per heavy atom. The zero-order valence-electron chi connectivity index (χ0n) is 12.3. The van der Waals surface area contributed by atoms with Crippen LogP contribution in [0.3, 0.4) is 0 Å². The van der Waals surface area contributed by atoms with Gasteiger partial charge in [-0.15, -0.1) is 0 Å². The molecule has 1 N–H and O–H groups in total. The second-order valence-electron chi connectivity index (χ2n) is 5.84. The number of aromatic nitrogens is 2. The number of fused-ring (bicyclic) bond motifs is 1. The predicted molar refractivity (Wildman–Crippen MR) is 78.8 cm³/mol.